The minimum absolute atomic E-state index is 0.0596. The van der Waals surface area contributed by atoms with Crippen molar-refractivity contribution in [1.29, 1.82) is 0 Å². The highest BCUT2D eigenvalue weighted by atomic mass is 79.9. The van der Waals surface area contributed by atoms with Crippen LogP contribution in [0.25, 0.3) is 10.9 Å². The maximum Gasteiger partial charge on any atom is 0.282 e. The van der Waals surface area contributed by atoms with Crippen LogP contribution in [0.3, 0.4) is 0 Å². The molecule has 6 nitrogen and oxygen atoms in total. The smallest absolute Gasteiger partial charge is 0.282 e. The first-order chi connectivity index (χ1) is 16.4. The van der Waals surface area contributed by atoms with E-state index in [0.717, 1.165) is 52.4 Å². The van der Waals surface area contributed by atoms with E-state index in [-0.39, 0.29) is 17.6 Å². The summed E-state index contributed by atoms with van der Waals surface area (Å²) in [5.41, 5.74) is 1.33. The molecule has 3 aromatic rings. The van der Waals surface area contributed by atoms with Crippen LogP contribution in [0.15, 0.2) is 49.2 Å². The molecule has 0 spiro atoms. The lowest BCUT2D eigenvalue weighted by molar-refractivity contribution is 0.206. The predicted octanol–water partition coefficient (Wildman–Crippen LogP) is 7.04. The molecule has 34 heavy (non-hydrogen) atoms. The molecule has 1 saturated carbocycles. The van der Waals surface area contributed by atoms with Crippen molar-refractivity contribution in [2.24, 2.45) is 5.10 Å². The molecular formula is C26H29Br2N3O3. The molecule has 1 aromatic heterocycles. The lowest BCUT2D eigenvalue weighted by Crippen LogP contribution is -2.25. The number of rotatable bonds is 7. The lowest BCUT2D eigenvalue weighted by Gasteiger charge is -2.22. The number of ether oxygens (including phenoxy) is 2. The Hall–Kier alpha value is -2.19. The van der Waals surface area contributed by atoms with Crippen LogP contribution in [-0.4, -0.2) is 29.1 Å². The quantitative estimate of drug-likeness (QED) is 0.277. The Morgan fingerprint density at radius 3 is 2.68 bits per heavy atom. The van der Waals surface area contributed by atoms with Gasteiger partial charge in [-0.25, -0.2) is 4.98 Å². The van der Waals surface area contributed by atoms with Crippen LogP contribution in [0.1, 0.15) is 69.7 Å². The van der Waals surface area contributed by atoms with Gasteiger partial charge in [0.15, 0.2) is 11.5 Å². The second kappa shape index (κ2) is 11.0. The summed E-state index contributed by atoms with van der Waals surface area (Å²) >= 11 is 7.07. The summed E-state index contributed by atoms with van der Waals surface area (Å²) in [5.74, 6) is 2.22. The number of nitrogens with zero attached hydrogens (tertiary/aromatic N) is 3. The van der Waals surface area contributed by atoms with Gasteiger partial charge in [-0.05, 0) is 78.0 Å². The molecule has 1 atom stereocenters. The van der Waals surface area contributed by atoms with Gasteiger partial charge in [0.1, 0.15) is 5.82 Å². The monoisotopic (exact) mass is 589 g/mol. The lowest BCUT2D eigenvalue weighted by atomic mass is 9.88. The predicted molar refractivity (Wildman–Crippen MR) is 144 cm³/mol. The van der Waals surface area contributed by atoms with Crippen LogP contribution in [-0.2, 0) is 0 Å². The van der Waals surface area contributed by atoms with E-state index < -0.39 is 0 Å². The van der Waals surface area contributed by atoms with Crippen molar-refractivity contribution >= 4 is 49.0 Å². The number of hydrogen-bond acceptors (Lipinski definition) is 5. The Bertz CT molecular complexity index is 1270. The number of methoxy groups -OCH3 is 1. The summed E-state index contributed by atoms with van der Waals surface area (Å²) in [6.07, 6.45) is 8.18. The Balaban J connectivity index is 1.79. The van der Waals surface area contributed by atoms with E-state index in [0.29, 0.717) is 22.4 Å². The van der Waals surface area contributed by atoms with Gasteiger partial charge in [-0.15, -0.1) is 0 Å². The van der Waals surface area contributed by atoms with Crippen LogP contribution >= 0.6 is 31.9 Å². The Morgan fingerprint density at radius 2 is 1.97 bits per heavy atom. The maximum atomic E-state index is 13.5. The molecule has 0 saturated heterocycles. The van der Waals surface area contributed by atoms with Gasteiger partial charge in [0.05, 0.1) is 34.8 Å². The zero-order valence-corrected chi connectivity index (χ0v) is 22.9. The zero-order chi connectivity index (χ0) is 24.2. The molecule has 0 N–H and O–H groups in total. The number of halogens is 2. The van der Waals surface area contributed by atoms with Gasteiger partial charge < -0.3 is 9.47 Å². The van der Waals surface area contributed by atoms with Gasteiger partial charge >= 0.3 is 0 Å². The molecule has 180 valence electrons. The molecule has 8 heteroatoms. The number of hydrogen-bond donors (Lipinski definition) is 0. The van der Waals surface area contributed by atoms with Crippen LogP contribution < -0.4 is 15.0 Å². The molecule has 1 aliphatic carbocycles. The average molecular weight is 591 g/mol. The third kappa shape index (κ3) is 5.38. The summed E-state index contributed by atoms with van der Waals surface area (Å²) in [7, 11) is 1.61. The zero-order valence-electron chi connectivity index (χ0n) is 19.7. The standard InChI is InChI=1S/C26H29Br2N3O3/c1-4-16(2)34-24-21(28)12-17(13-23(24)33-3)15-29-31-25(18-8-6-5-7-9-18)30-22-11-10-19(27)14-20(22)26(31)32/h10-16,18H,4-9H2,1-3H3/t16-/m0/s1. The summed E-state index contributed by atoms with van der Waals surface area (Å²) in [4.78, 5) is 18.4. The van der Waals surface area contributed by atoms with Crippen molar-refractivity contribution in [3.63, 3.8) is 0 Å². The first kappa shape index (κ1) is 24.9. The van der Waals surface area contributed by atoms with E-state index in [1.807, 2.05) is 37.3 Å². The van der Waals surface area contributed by atoms with Crippen molar-refractivity contribution in [2.45, 2.75) is 64.4 Å². The molecule has 4 rings (SSSR count). The highest BCUT2D eigenvalue weighted by Crippen LogP contribution is 2.37. The molecule has 1 aliphatic rings. The number of benzene rings is 2. The molecule has 0 unspecified atom stereocenters. The fourth-order valence-corrected chi connectivity index (χ4v) is 5.15. The second-order valence-corrected chi connectivity index (χ2v) is 10.5. The van der Waals surface area contributed by atoms with Gasteiger partial charge in [0, 0.05) is 10.4 Å². The second-order valence-electron chi connectivity index (χ2n) is 8.70. The molecule has 0 amide bonds. The maximum absolute atomic E-state index is 13.5. The van der Waals surface area contributed by atoms with Gasteiger partial charge in [-0.2, -0.15) is 9.78 Å². The molecule has 1 fully saturated rings. The van der Waals surface area contributed by atoms with Crippen molar-refractivity contribution in [3.05, 3.63) is 61.0 Å². The van der Waals surface area contributed by atoms with Crippen molar-refractivity contribution in [2.75, 3.05) is 7.11 Å². The first-order valence-electron chi connectivity index (χ1n) is 11.7. The fraction of sp³-hybridized carbons (Fsp3) is 0.423. The van der Waals surface area contributed by atoms with E-state index in [9.17, 15) is 4.79 Å². The molecule has 0 aliphatic heterocycles. The number of aromatic nitrogens is 2. The van der Waals surface area contributed by atoms with Gasteiger partial charge in [0.2, 0.25) is 0 Å². The third-order valence-corrected chi connectivity index (χ3v) is 7.35. The SMILES string of the molecule is CC[C@H](C)Oc1c(Br)cc(C=Nn2c(C3CCCCC3)nc3ccc(Br)cc3c2=O)cc1OC. The third-order valence-electron chi connectivity index (χ3n) is 6.27. The fourth-order valence-electron chi connectivity index (χ4n) is 4.24. The van der Waals surface area contributed by atoms with Gasteiger partial charge in [-0.3, -0.25) is 4.79 Å². The molecule has 1 heterocycles. The summed E-state index contributed by atoms with van der Waals surface area (Å²) < 4.78 is 14.7. The van der Waals surface area contributed by atoms with E-state index >= 15 is 0 Å². The molecule has 2 aromatic carbocycles. The van der Waals surface area contributed by atoms with Crippen LogP contribution in [0.2, 0.25) is 0 Å². The first-order valence-corrected chi connectivity index (χ1v) is 13.3. The highest BCUT2D eigenvalue weighted by Gasteiger charge is 2.22. The number of fused-ring (bicyclic) bond motifs is 1. The Kier molecular flexibility index (Phi) is 8.09. The molecule has 0 bridgehead atoms. The minimum atomic E-state index is -0.161. The normalized spacial score (nSPS) is 15.7. The molecular weight excluding hydrogens is 562 g/mol. The van der Waals surface area contributed by atoms with Crippen molar-refractivity contribution in [3.8, 4) is 11.5 Å². The minimum Gasteiger partial charge on any atom is -0.493 e. The Labute approximate surface area is 216 Å². The average Bonchev–Trinajstić information content (AvgIpc) is 2.85. The largest absolute Gasteiger partial charge is 0.493 e. The van der Waals surface area contributed by atoms with E-state index in [1.165, 1.54) is 11.1 Å². The van der Waals surface area contributed by atoms with E-state index in [4.69, 9.17) is 14.5 Å². The van der Waals surface area contributed by atoms with E-state index in [1.54, 1.807) is 13.3 Å². The van der Waals surface area contributed by atoms with Crippen LogP contribution in [0, 0.1) is 0 Å². The Morgan fingerprint density at radius 1 is 1.21 bits per heavy atom. The van der Waals surface area contributed by atoms with Crippen LogP contribution in [0.5, 0.6) is 11.5 Å². The van der Waals surface area contributed by atoms with Crippen molar-refractivity contribution in [1.82, 2.24) is 9.66 Å². The van der Waals surface area contributed by atoms with Gasteiger partial charge in [-0.1, -0.05) is 42.1 Å². The summed E-state index contributed by atoms with van der Waals surface area (Å²) in [6.45, 7) is 4.09. The van der Waals surface area contributed by atoms with E-state index in [2.05, 4.69) is 43.9 Å². The van der Waals surface area contributed by atoms with Crippen molar-refractivity contribution < 1.29 is 9.47 Å². The highest BCUT2D eigenvalue weighted by molar-refractivity contribution is 9.10. The summed E-state index contributed by atoms with van der Waals surface area (Å²) in [5, 5.41) is 5.18. The van der Waals surface area contributed by atoms with Gasteiger partial charge in [0.25, 0.3) is 5.56 Å². The summed E-state index contributed by atoms with van der Waals surface area (Å²) in [6, 6.07) is 9.39. The topological polar surface area (TPSA) is 65.7 Å². The van der Waals surface area contributed by atoms with Crippen LogP contribution in [0.4, 0.5) is 0 Å². The molecule has 0 radical (unpaired) electrons.